The molecule has 0 radical (unpaired) electrons. The number of benzene rings is 1. The third kappa shape index (κ3) is 2.17. The molecule has 4 rings (SSSR count). The Kier molecular flexibility index (Phi) is 3.49. The molecular weight excluding hydrogens is 320 g/mol. The highest BCUT2D eigenvalue weighted by molar-refractivity contribution is 7.18. The summed E-state index contributed by atoms with van der Waals surface area (Å²) in [6.07, 6.45) is 0.751. The summed E-state index contributed by atoms with van der Waals surface area (Å²) >= 11 is 1.57. The minimum atomic E-state index is -0.0710. The van der Waals surface area contributed by atoms with E-state index in [0.29, 0.717) is 17.7 Å². The first-order valence-corrected chi connectivity index (χ1v) is 8.84. The SMILES string of the molecule is CCc1nn2c(=O)c3c(C)c(C)sc3nc2n1Cc1ccccc1. The lowest BCUT2D eigenvalue weighted by Gasteiger charge is -2.06. The molecule has 0 N–H and O–H groups in total. The van der Waals surface area contributed by atoms with Crippen LogP contribution in [0, 0.1) is 13.8 Å². The van der Waals surface area contributed by atoms with Crippen LogP contribution in [0.1, 0.15) is 28.8 Å². The standard InChI is InChI=1S/C18H18N4OS/c1-4-14-20-22-17(23)15-11(2)12(3)24-16(15)19-18(22)21(14)10-13-8-6-5-7-9-13/h5-9H,4,10H2,1-3H3. The summed E-state index contributed by atoms with van der Waals surface area (Å²) in [6, 6.07) is 10.2. The molecule has 0 unspecified atom stereocenters. The zero-order chi connectivity index (χ0) is 16.8. The fraction of sp³-hybridized carbons (Fsp3) is 0.278. The second-order valence-corrected chi connectivity index (χ2v) is 7.14. The molecule has 3 heterocycles. The number of nitrogens with zero attached hydrogens (tertiary/aromatic N) is 4. The first-order valence-electron chi connectivity index (χ1n) is 8.02. The molecule has 3 aromatic heterocycles. The largest absolute Gasteiger partial charge is 0.292 e. The van der Waals surface area contributed by atoms with Crippen LogP contribution in [0.25, 0.3) is 16.0 Å². The molecule has 0 amide bonds. The fourth-order valence-corrected chi connectivity index (χ4v) is 4.03. The molecule has 0 bridgehead atoms. The number of hydrogen-bond donors (Lipinski definition) is 0. The van der Waals surface area contributed by atoms with Gasteiger partial charge in [-0.3, -0.25) is 9.36 Å². The van der Waals surface area contributed by atoms with Crippen LogP contribution in [0.4, 0.5) is 0 Å². The maximum Gasteiger partial charge on any atom is 0.284 e. The van der Waals surface area contributed by atoms with Gasteiger partial charge < -0.3 is 0 Å². The summed E-state index contributed by atoms with van der Waals surface area (Å²) < 4.78 is 3.50. The van der Waals surface area contributed by atoms with Crippen LogP contribution < -0.4 is 5.56 Å². The molecule has 0 spiro atoms. The first kappa shape index (κ1) is 15.1. The van der Waals surface area contributed by atoms with Gasteiger partial charge in [0, 0.05) is 11.3 Å². The van der Waals surface area contributed by atoms with E-state index in [1.165, 1.54) is 10.1 Å². The Labute approximate surface area is 143 Å². The van der Waals surface area contributed by atoms with Crippen molar-refractivity contribution in [2.75, 3.05) is 0 Å². The Balaban J connectivity index is 2.02. The highest BCUT2D eigenvalue weighted by Crippen LogP contribution is 2.26. The average molecular weight is 338 g/mol. The van der Waals surface area contributed by atoms with Crippen molar-refractivity contribution in [1.82, 2.24) is 19.2 Å². The topological polar surface area (TPSA) is 52.2 Å². The number of aromatic nitrogens is 4. The monoisotopic (exact) mass is 338 g/mol. The summed E-state index contributed by atoms with van der Waals surface area (Å²) in [6.45, 7) is 6.71. The molecule has 0 fully saturated rings. The van der Waals surface area contributed by atoms with Crippen LogP contribution in [-0.4, -0.2) is 19.2 Å². The third-order valence-electron chi connectivity index (χ3n) is 4.43. The van der Waals surface area contributed by atoms with Crippen molar-refractivity contribution in [3.8, 4) is 0 Å². The third-order valence-corrected chi connectivity index (χ3v) is 5.53. The maximum absolute atomic E-state index is 12.9. The molecule has 0 aliphatic carbocycles. The molecule has 0 saturated heterocycles. The van der Waals surface area contributed by atoms with Crippen molar-refractivity contribution < 1.29 is 0 Å². The second-order valence-electron chi connectivity index (χ2n) is 5.93. The van der Waals surface area contributed by atoms with Crippen molar-refractivity contribution in [3.05, 3.63) is 62.5 Å². The van der Waals surface area contributed by atoms with E-state index in [1.54, 1.807) is 11.3 Å². The molecule has 0 aliphatic heterocycles. The zero-order valence-electron chi connectivity index (χ0n) is 13.9. The van der Waals surface area contributed by atoms with Gasteiger partial charge >= 0.3 is 0 Å². The van der Waals surface area contributed by atoms with Crippen LogP contribution in [0.2, 0.25) is 0 Å². The van der Waals surface area contributed by atoms with E-state index >= 15 is 0 Å². The van der Waals surface area contributed by atoms with Crippen LogP contribution in [0.5, 0.6) is 0 Å². The molecule has 24 heavy (non-hydrogen) atoms. The van der Waals surface area contributed by atoms with Crippen LogP contribution in [0.15, 0.2) is 35.1 Å². The van der Waals surface area contributed by atoms with Gasteiger partial charge in [-0.05, 0) is 25.0 Å². The van der Waals surface area contributed by atoms with E-state index in [-0.39, 0.29) is 5.56 Å². The van der Waals surface area contributed by atoms with Gasteiger partial charge in [-0.25, -0.2) is 4.98 Å². The Bertz CT molecular complexity index is 1110. The quantitative estimate of drug-likeness (QED) is 0.576. The van der Waals surface area contributed by atoms with Crippen LogP contribution >= 0.6 is 11.3 Å². The Morgan fingerprint density at radius 2 is 1.92 bits per heavy atom. The molecule has 0 saturated carbocycles. The minimum absolute atomic E-state index is 0.0710. The lowest BCUT2D eigenvalue weighted by atomic mass is 10.2. The van der Waals surface area contributed by atoms with Gasteiger partial charge in [0.1, 0.15) is 10.7 Å². The van der Waals surface area contributed by atoms with E-state index in [2.05, 4.69) is 17.2 Å². The predicted octanol–water partition coefficient (Wildman–Crippen LogP) is 3.33. The van der Waals surface area contributed by atoms with Gasteiger partial charge in [0.2, 0.25) is 5.78 Å². The Hall–Kier alpha value is -2.47. The fourth-order valence-electron chi connectivity index (χ4n) is 3.01. The molecule has 1 aromatic carbocycles. The number of thiophene rings is 1. The van der Waals surface area contributed by atoms with Crippen LogP contribution in [-0.2, 0) is 13.0 Å². The molecule has 6 heteroatoms. The summed E-state index contributed by atoms with van der Waals surface area (Å²) in [4.78, 5) is 19.6. The molecule has 4 aromatic rings. The average Bonchev–Trinajstić information content (AvgIpc) is 3.07. The predicted molar refractivity (Wildman–Crippen MR) is 97.0 cm³/mol. The van der Waals surface area contributed by atoms with E-state index < -0.39 is 0 Å². The van der Waals surface area contributed by atoms with Gasteiger partial charge in [-0.1, -0.05) is 37.3 Å². The first-order chi connectivity index (χ1) is 11.6. The van der Waals surface area contributed by atoms with Gasteiger partial charge in [-0.2, -0.15) is 4.52 Å². The number of rotatable bonds is 3. The molecule has 5 nitrogen and oxygen atoms in total. The van der Waals surface area contributed by atoms with Crippen molar-refractivity contribution in [3.63, 3.8) is 0 Å². The number of aryl methyl sites for hydroxylation is 3. The second kappa shape index (κ2) is 5.56. The Morgan fingerprint density at radius 1 is 1.17 bits per heavy atom. The van der Waals surface area contributed by atoms with E-state index in [0.717, 1.165) is 27.5 Å². The van der Waals surface area contributed by atoms with Crippen LogP contribution in [0.3, 0.4) is 0 Å². The minimum Gasteiger partial charge on any atom is -0.292 e. The summed E-state index contributed by atoms with van der Waals surface area (Å²) in [7, 11) is 0. The smallest absolute Gasteiger partial charge is 0.284 e. The summed E-state index contributed by atoms with van der Waals surface area (Å²) in [5, 5.41) is 5.23. The Morgan fingerprint density at radius 3 is 2.62 bits per heavy atom. The van der Waals surface area contributed by atoms with Gasteiger partial charge in [0.15, 0.2) is 0 Å². The zero-order valence-corrected chi connectivity index (χ0v) is 14.7. The molecule has 122 valence electrons. The molecule has 0 atom stereocenters. The number of fused-ring (bicyclic) bond motifs is 2. The highest BCUT2D eigenvalue weighted by atomic mass is 32.1. The summed E-state index contributed by atoms with van der Waals surface area (Å²) in [5.74, 6) is 1.49. The van der Waals surface area contributed by atoms with Crippen molar-refractivity contribution in [2.24, 2.45) is 0 Å². The van der Waals surface area contributed by atoms with Gasteiger partial charge in [0.05, 0.1) is 11.9 Å². The van der Waals surface area contributed by atoms with Crippen molar-refractivity contribution >= 4 is 27.3 Å². The van der Waals surface area contributed by atoms with Gasteiger partial charge in [0.25, 0.3) is 5.56 Å². The lowest BCUT2D eigenvalue weighted by molar-refractivity contribution is 0.745. The summed E-state index contributed by atoms with van der Waals surface area (Å²) in [5.41, 5.74) is 2.11. The van der Waals surface area contributed by atoms with E-state index in [1.807, 2.05) is 43.5 Å². The van der Waals surface area contributed by atoms with Crippen molar-refractivity contribution in [2.45, 2.75) is 33.7 Å². The van der Waals surface area contributed by atoms with Gasteiger partial charge in [-0.15, -0.1) is 16.4 Å². The van der Waals surface area contributed by atoms with Crippen molar-refractivity contribution in [1.29, 1.82) is 0 Å². The van der Waals surface area contributed by atoms with E-state index in [9.17, 15) is 4.79 Å². The lowest BCUT2D eigenvalue weighted by Crippen LogP contribution is -2.16. The maximum atomic E-state index is 12.9. The normalized spacial score (nSPS) is 11.6. The molecular formula is C18H18N4OS. The number of hydrogen-bond acceptors (Lipinski definition) is 4. The highest BCUT2D eigenvalue weighted by Gasteiger charge is 2.18. The van der Waals surface area contributed by atoms with E-state index in [4.69, 9.17) is 4.98 Å². The molecule has 0 aliphatic rings.